The minimum atomic E-state index is -0.924. The van der Waals surface area contributed by atoms with Crippen LogP contribution < -0.4 is 0 Å². The van der Waals surface area contributed by atoms with E-state index in [9.17, 15) is 14.7 Å². The molecule has 23 heavy (non-hydrogen) atoms. The number of pyridine rings is 1. The van der Waals surface area contributed by atoms with Gasteiger partial charge < -0.3 is 5.11 Å². The van der Waals surface area contributed by atoms with E-state index in [1.54, 1.807) is 6.20 Å². The summed E-state index contributed by atoms with van der Waals surface area (Å²) in [6.45, 7) is 1.83. The summed E-state index contributed by atoms with van der Waals surface area (Å²) in [6.07, 6.45) is 2.66. The number of rotatable bonds is 8. The average Bonchev–Trinajstić information content (AvgIpc) is 2.56. The Labute approximate surface area is 136 Å². The van der Waals surface area contributed by atoms with Crippen molar-refractivity contribution in [1.29, 1.82) is 0 Å². The third kappa shape index (κ3) is 5.33. The van der Waals surface area contributed by atoms with Gasteiger partial charge in [0.05, 0.1) is 5.92 Å². The van der Waals surface area contributed by atoms with E-state index in [2.05, 4.69) is 4.98 Å². The maximum Gasteiger partial charge on any atom is 0.307 e. The Morgan fingerprint density at radius 2 is 1.74 bits per heavy atom. The smallest absolute Gasteiger partial charge is 0.307 e. The van der Waals surface area contributed by atoms with Crippen molar-refractivity contribution in [1.82, 2.24) is 4.98 Å². The first-order valence-electron chi connectivity index (χ1n) is 7.75. The lowest BCUT2D eigenvalue weighted by molar-refractivity contribution is -0.144. The fourth-order valence-electron chi connectivity index (χ4n) is 2.54. The van der Waals surface area contributed by atoms with Crippen LogP contribution in [0.1, 0.15) is 24.6 Å². The number of hydrogen-bond acceptors (Lipinski definition) is 3. The highest BCUT2D eigenvalue weighted by Crippen LogP contribution is 2.17. The molecular formula is C19H21NO3. The molecule has 0 fully saturated rings. The average molecular weight is 311 g/mol. The zero-order chi connectivity index (χ0) is 16.7. The summed E-state index contributed by atoms with van der Waals surface area (Å²) in [7, 11) is 0. The number of carboxylic acids is 1. The summed E-state index contributed by atoms with van der Waals surface area (Å²) >= 11 is 0. The van der Waals surface area contributed by atoms with Crippen LogP contribution in [0.3, 0.4) is 0 Å². The molecule has 2 rings (SSSR count). The van der Waals surface area contributed by atoms with E-state index in [0.717, 1.165) is 11.3 Å². The number of ketones is 1. The van der Waals surface area contributed by atoms with E-state index < -0.39 is 11.9 Å². The van der Waals surface area contributed by atoms with Gasteiger partial charge in [-0.05, 0) is 30.5 Å². The second kappa shape index (κ2) is 8.22. The van der Waals surface area contributed by atoms with Gasteiger partial charge in [0.2, 0.25) is 0 Å². The number of carbonyl (C=O) groups is 2. The van der Waals surface area contributed by atoms with Gasteiger partial charge in [0.25, 0.3) is 0 Å². The second-order valence-corrected chi connectivity index (χ2v) is 5.82. The molecule has 4 nitrogen and oxygen atoms in total. The van der Waals surface area contributed by atoms with Gasteiger partial charge in [0.15, 0.2) is 0 Å². The molecule has 1 aromatic heterocycles. The van der Waals surface area contributed by atoms with Crippen molar-refractivity contribution in [2.45, 2.75) is 26.2 Å². The molecule has 1 N–H and O–H groups in total. The summed E-state index contributed by atoms with van der Waals surface area (Å²) < 4.78 is 0. The van der Waals surface area contributed by atoms with E-state index in [0.29, 0.717) is 12.8 Å². The van der Waals surface area contributed by atoms with Gasteiger partial charge in [-0.25, -0.2) is 0 Å². The highest BCUT2D eigenvalue weighted by Gasteiger charge is 2.24. The molecule has 0 aliphatic carbocycles. The monoisotopic (exact) mass is 311 g/mol. The Balaban J connectivity index is 1.96. The molecule has 2 atom stereocenters. The molecule has 1 heterocycles. The first-order chi connectivity index (χ1) is 11.1. The fraction of sp³-hybridized carbons (Fsp3) is 0.316. The Kier molecular flexibility index (Phi) is 6.03. The van der Waals surface area contributed by atoms with Crippen molar-refractivity contribution in [2.75, 3.05) is 0 Å². The lowest BCUT2D eigenvalue weighted by atomic mass is 9.89. The van der Waals surface area contributed by atoms with Crippen LogP contribution in [-0.2, 0) is 22.4 Å². The van der Waals surface area contributed by atoms with E-state index in [-0.39, 0.29) is 18.1 Å². The molecule has 0 saturated heterocycles. The number of carbonyl (C=O) groups excluding carboxylic acids is 1. The van der Waals surface area contributed by atoms with Crippen LogP contribution in [0.2, 0.25) is 0 Å². The molecule has 120 valence electrons. The van der Waals surface area contributed by atoms with Crippen LogP contribution in [-0.4, -0.2) is 21.8 Å². The standard InChI is InChI=1S/C19H21NO3/c1-14(11-17-9-5-6-10-20-17)18(21)13-16(19(22)23)12-15-7-3-2-4-8-15/h2-10,14,16H,11-13H2,1H3,(H,22,23)/t14-,16+/m0/s1. The second-order valence-electron chi connectivity index (χ2n) is 5.82. The number of nitrogens with zero attached hydrogens (tertiary/aromatic N) is 1. The lowest BCUT2D eigenvalue weighted by Gasteiger charge is -2.15. The molecule has 0 amide bonds. The third-order valence-corrected chi connectivity index (χ3v) is 3.91. The number of aromatic nitrogens is 1. The molecule has 0 aliphatic rings. The summed E-state index contributed by atoms with van der Waals surface area (Å²) in [5, 5.41) is 9.39. The SMILES string of the molecule is C[C@@H](Cc1ccccn1)C(=O)C[C@@H](Cc1ccccc1)C(=O)O. The zero-order valence-electron chi connectivity index (χ0n) is 13.2. The number of carboxylic acid groups (broad SMARTS) is 1. The molecule has 4 heteroatoms. The van der Waals surface area contributed by atoms with Crippen molar-refractivity contribution in [2.24, 2.45) is 11.8 Å². The first-order valence-corrected chi connectivity index (χ1v) is 7.75. The predicted molar refractivity (Wildman–Crippen MR) is 88.0 cm³/mol. The molecule has 0 spiro atoms. The minimum Gasteiger partial charge on any atom is -0.481 e. The van der Waals surface area contributed by atoms with Crippen LogP contribution in [0.25, 0.3) is 0 Å². The highest BCUT2D eigenvalue weighted by molar-refractivity contribution is 5.85. The lowest BCUT2D eigenvalue weighted by Crippen LogP contribution is -2.24. The molecule has 1 aromatic carbocycles. The van der Waals surface area contributed by atoms with Crippen LogP contribution in [0.5, 0.6) is 0 Å². The normalized spacial score (nSPS) is 13.3. The van der Waals surface area contributed by atoms with Crippen molar-refractivity contribution >= 4 is 11.8 Å². The van der Waals surface area contributed by atoms with Gasteiger partial charge in [0.1, 0.15) is 5.78 Å². The molecule has 0 saturated carbocycles. The molecule has 0 aliphatic heterocycles. The maximum absolute atomic E-state index is 12.4. The zero-order valence-corrected chi connectivity index (χ0v) is 13.2. The van der Waals surface area contributed by atoms with Crippen LogP contribution in [0.4, 0.5) is 0 Å². The first kappa shape index (κ1) is 16.9. The van der Waals surface area contributed by atoms with Gasteiger partial charge in [-0.2, -0.15) is 0 Å². The highest BCUT2D eigenvalue weighted by atomic mass is 16.4. The van der Waals surface area contributed by atoms with Crippen LogP contribution in [0, 0.1) is 11.8 Å². The molecule has 2 aromatic rings. The van der Waals surface area contributed by atoms with Gasteiger partial charge in [-0.15, -0.1) is 0 Å². The van der Waals surface area contributed by atoms with Crippen LogP contribution in [0.15, 0.2) is 54.7 Å². The van der Waals surface area contributed by atoms with E-state index in [1.807, 2.05) is 55.5 Å². The largest absolute Gasteiger partial charge is 0.481 e. The van der Waals surface area contributed by atoms with E-state index >= 15 is 0 Å². The van der Waals surface area contributed by atoms with Crippen molar-refractivity contribution in [3.8, 4) is 0 Å². The number of hydrogen-bond donors (Lipinski definition) is 1. The maximum atomic E-state index is 12.4. The van der Waals surface area contributed by atoms with E-state index in [1.165, 1.54) is 0 Å². The predicted octanol–water partition coefficient (Wildman–Crippen LogP) is 3.16. The van der Waals surface area contributed by atoms with Gasteiger partial charge in [-0.1, -0.05) is 43.3 Å². The summed E-state index contributed by atoms with van der Waals surface area (Å²) in [4.78, 5) is 28.0. The number of benzene rings is 1. The van der Waals surface area contributed by atoms with Crippen molar-refractivity contribution in [3.63, 3.8) is 0 Å². The van der Waals surface area contributed by atoms with Crippen molar-refractivity contribution in [3.05, 3.63) is 66.0 Å². The summed E-state index contributed by atoms with van der Waals surface area (Å²) in [5.74, 6) is -1.87. The quantitative estimate of drug-likeness (QED) is 0.813. The topological polar surface area (TPSA) is 67.3 Å². The Morgan fingerprint density at radius 3 is 2.35 bits per heavy atom. The molecule has 0 bridgehead atoms. The summed E-state index contributed by atoms with van der Waals surface area (Å²) in [5.41, 5.74) is 1.79. The van der Waals surface area contributed by atoms with Crippen molar-refractivity contribution < 1.29 is 14.7 Å². The summed E-state index contributed by atoms with van der Waals surface area (Å²) in [6, 6.07) is 15.0. The van der Waals surface area contributed by atoms with E-state index in [4.69, 9.17) is 0 Å². The Hall–Kier alpha value is -2.49. The van der Waals surface area contributed by atoms with Gasteiger partial charge in [-0.3, -0.25) is 14.6 Å². The van der Waals surface area contributed by atoms with Gasteiger partial charge >= 0.3 is 5.97 Å². The van der Waals surface area contributed by atoms with Gasteiger partial charge in [0, 0.05) is 24.2 Å². The number of aliphatic carboxylic acids is 1. The minimum absolute atomic E-state index is 0.0287. The molecular weight excluding hydrogens is 290 g/mol. The molecule has 0 radical (unpaired) electrons. The third-order valence-electron chi connectivity index (χ3n) is 3.91. The Bertz CT molecular complexity index is 640. The van der Waals surface area contributed by atoms with Crippen LogP contribution >= 0.6 is 0 Å². The molecule has 0 unspecified atom stereocenters. The fourth-order valence-corrected chi connectivity index (χ4v) is 2.54. The Morgan fingerprint density at radius 1 is 1.04 bits per heavy atom. The number of Topliss-reactive ketones (excluding diaryl/α,β-unsaturated/α-hetero) is 1.